The van der Waals surface area contributed by atoms with Crippen molar-refractivity contribution in [2.45, 2.75) is 26.8 Å². The molecule has 0 saturated heterocycles. The van der Waals surface area contributed by atoms with Crippen LogP contribution in [0, 0.1) is 12.7 Å². The lowest BCUT2D eigenvalue weighted by atomic mass is 10.1. The summed E-state index contributed by atoms with van der Waals surface area (Å²) in [6.07, 6.45) is 3.68. The summed E-state index contributed by atoms with van der Waals surface area (Å²) in [7, 11) is 1.79. The molecule has 3 aromatic rings. The van der Waals surface area contributed by atoms with Gasteiger partial charge in [0.1, 0.15) is 21.4 Å². The number of nitrogens with zero attached hydrogens (tertiary/aromatic N) is 4. The molecule has 0 fully saturated rings. The fourth-order valence-corrected chi connectivity index (χ4v) is 3.41. The van der Waals surface area contributed by atoms with Crippen molar-refractivity contribution in [3.63, 3.8) is 0 Å². The molecule has 140 valence electrons. The Bertz CT molecular complexity index is 988. The van der Waals surface area contributed by atoms with E-state index in [1.165, 1.54) is 23.5 Å². The van der Waals surface area contributed by atoms with Gasteiger partial charge in [-0.25, -0.2) is 14.1 Å². The molecule has 0 aliphatic carbocycles. The number of carbonyl (C=O) groups excluding carboxylic acids is 1. The molecule has 1 N–H and O–H groups in total. The average molecular weight is 385 g/mol. The van der Waals surface area contributed by atoms with Crippen molar-refractivity contribution >= 4 is 29.4 Å². The summed E-state index contributed by atoms with van der Waals surface area (Å²) in [5, 5.41) is 11.8. The third kappa shape index (κ3) is 4.28. The molecule has 8 heteroatoms. The summed E-state index contributed by atoms with van der Waals surface area (Å²) in [4.78, 5) is 17.3. The fourth-order valence-electron chi connectivity index (χ4n) is 2.54. The van der Waals surface area contributed by atoms with Crippen molar-refractivity contribution in [2.75, 3.05) is 0 Å². The molecule has 1 aromatic carbocycles. The van der Waals surface area contributed by atoms with Crippen molar-refractivity contribution in [1.29, 1.82) is 0 Å². The van der Waals surface area contributed by atoms with Gasteiger partial charge in [-0.05, 0) is 57.2 Å². The number of hydrogen-bond donors (Lipinski definition) is 1. The standard InChI is InChI=1S/C19H20FN5OS/c1-11(2)21-19(26)18-12(3)22-16(27-18)10-9-15-17(23-24-25(15)4)13-5-7-14(20)8-6-13/h5-11H,1-4H3,(H,21,26)/b10-9+. The molecule has 0 unspecified atom stereocenters. The zero-order valence-electron chi connectivity index (χ0n) is 15.5. The Hall–Kier alpha value is -2.87. The second kappa shape index (κ2) is 7.79. The minimum atomic E-state index is -0.301. The molecular formula is C19H20FN5OS. The number of nitrogens with one attached hydrogen (secondary N) is 1. The lowest BCUT2D eigenvalue weighted by Crippen LogP contribution is -2.29. The maximum absolute atomic E-state index is 13.2. The number of aromatic nitrogens is 4. The number of thiazole rings is 1. The van der Waals surface area contributed by atoms with Crippen LogP contribution in [-0.2, 0) is 7.05 Å². The Balaban J connectivity index is 1.88. The Kier molecular flexibility index (Phi) is 5.46. The van der Waals surface area contributed by atoms with Crippen LogP contribution in [0.3, 0.4) is 0 Å². The fraction of sp³-hybridized carbons (Fsp3) is 0.263. The van der Waals surface area contributed by atoms with Crippen LogP contribution in [0.5, 0.6) is 0 Å². The van der Waals surface area contributed by atoms with Gasteiger partial charge < -0.3 is 5.32 Å². The molecule has 2 aromatic heterocycles. The summed E-state index contributed by atoms with van der Waals surface area (Å²) in [5.74, 6) is -0.418. The normalized spacial score (nSPS) is 11.5. The number of rotatable bonds is 5. The van der Waals surface area contributed by atoms with Crippen molar-refractivity contribution in [3.8, 4) is 11.3 Å². The first-order valence-corrected chi connectivity index (χ1v) is 9.28. The largest absolute Gasteiger partial charge is 0.349 e. The molecule has 3 rings (SSSR count). The van der Waals surface area contributed by atoms with E-state index in [1.807, 2.05) is 32.9 Å². The van der Waals surface area contributed by atoms with Crippen LogP contribution in [0.4, 0.5) is 4.39 Å². The molecule has 0 atom stereocenters. The number of amides is 1. The van der Waals surface area contributed by atoms with Crippen LogP contribution < -0.4 is 5.32 Å². The van der Waals surface area contributed by atoms with E-state index in [0.29, 0.717) is 21.3 Å². The van der Waals surface area contributed by atoms with Gasteiger partial charge in [-0.15, -0.1) is 16.4 Å². The highest BCUT2D eigenvalue weighted by Gasteiger charge is 2.15. The van der Waals surface area contributed by atoms with E-state index >= 15 is 0 Å². The third-order valence-corrected chi connectivity index (χ3v) is 4.93. The van der Waals surface area contributed by atoms with Crippen LogP contribution in [-0.4, -0.2) is 31.9 Å². The lowest BCUT2D eigenvalue weighted by Gasteiger charge is -2.06. The molecule has 0 spiro atoms. The molecule has 0 saturated carbocycles. The lowest BCUT2D eigenvalue weighted by molar-refractivity contribution is 0.0946. The summed E-state index contributed by atoms with van der Waals surface area (Å²) in [6.45, 7) is 5.65. The molecular weight excluding hydrogens is 365 g/mol. The molecule has 1 amide bonds. The van der Waals surface area contributed by atoms with Crippen LogP contribution in [0.2, 0.25) is 0 Å². The van der Waals surface area contributed by atoms with Gasteiger partial charge in [0.25, 0.3) is 5.91 Å². The summed E-state index contributed by atoms with van der Waals surface area (Å²) >= 11 is 1.33. The van der Waals surface area contributed by atoms with Gasteiger partial charge in [0.05, 0.1) is 11.4 Å². The minimum Gasteiger partial charge on any atom is -0.349 e. The van der Waals surface area contributed by atoms with E-state index in [2.05, 4.69) is 20.6 Å². The first-order chi connectivity index (χ1) is 12.8. The predicted molar refractivity (Wildman–Crippen MR) is 105 cm³/mol. The molecule has 0 aliphatic rings. The van der Waals surface area contributed by atoms with Gasteiger partial charge >= 0.3 is 0 Å². The monoisotopic (exact) mass is 385 g/mol. The second-order valence-electron chi connectivity index (χ2n) is 6.38. The third-order valence-electron chi connectivity index (χ3n) is 3.81. The van der Waals surface area contributed by atoms with E-state index in [0.717, 1.165) is 11.3 Å². The topological polar surface area (TPSA) is 72.7 Å². The van der Waals surface area contributed by atoms with Crippen molar-refractivity contribution in [2.24, 2.45) is 7.05 Å². The molecule has 0 aliphatic heterocycles. The minimum absolute atomic E-state index is 0.0665. The van der Waals surface area contributed by atoms with Crippen molar-refractivity contribution in [3.05, 3.63) is 51.4 Å². The molecule has 0 bridgehead atoms. The predicted octanol–water partition coefficient (Wildman–Crippen LogP) is 3.69. The van der Waals surface area contributed by atoms with Crippen LogP contribution in [0.1, 0.15) is 39.9 Å². The molecule has 2 heterocycles. The Morgan fingerprint density at radius 3 is 2.63 bits per heavy atom. The molecule has 0 radical (unpaired) electrons. The van der Waals surface area contributed by atoms with Crippen LogP contribution in [0.25, 0.3) is 23.4 Å². The first kappa shape index (κ1) is 18.9. The summed E-state index contributed by atoms with van der Waals surface area (Å²) in [5.41, 5.74) is 2.89. The Labute approximate surface area is 160 Å². The van der Waals surface area contributed by atoms with E-state index < -0.39 is 0 Å². The van der Waals surface area contributed by atoms with Gasteiger partial charge in [-0.3, -0.25) is 4.79 Å². The van der Waals surface area contributed by atoms with E-state index in [4.69, 9.17) is 0 Å². The SMILES string of the molecule is Cc1nc(/C=C/c2c(-c3ccc(F)cc3)nnn2C)sc1C(=O)NC(C)C. The number of carbonyl (C=O) groups is 1. The van der Waals surface area contributed by atoms with E-state index in [9.17, 15) is 9.18 Å². The zero-order chi connectivity index (χ0) is 19.6. The maximum atomic E-state index is 13.2. The summed E-state index contributed by atoms with van der Waals surface area (Å²) in [6, 6.07) is 6.18. The Morgan fingerprint density at radius 1 is 1.26 bits per heavy atom. The average Bonchev–Trinajstić information content (AvgIpc) is 3.16. The second-order valence-corrected chi connectivity index (χ2v) is 7.41. The van der Waals surface area contributed by atoms with Crippen LogP contribution >= 0.6 is 11.3 Å². The van der Waals surface area contributed by atoms with Gasteiger partial charge in [0, 0.05) is 18.7 Å². The highest BCUT2D eigenvalue weighted by atomic mass is 32.1. The first-order valence-electron chi connectivity index (χ1n) is 8.47. The number of benzene rings is 1. The highest BCUT2D eigenvalue weighted by Crippen LogP contribution is 2.24. The number of aryl methyl sites for hydroxylation is 2. The van der Waals surface area contributed by atoms with Gasteiger partial charge in [0.15, 0.2) is 0 Å². The number of halogens is 1. The Morgan fingerprint density at radius 2 is 1.96 bits per heavy atom. The highest BCUT2D eigenvalue weighted by molar-refractivity contribution is 7.14. The quantitative estimate of drug-likeness (QED) is 0.727. The zero-order valence-corrected chi connectivity index (χ0v) is 16.3. The maximum Gasteiger partial charge on any atom is 0.263 e. The van der Waals surface area contributed by atoms with Crippen molar-refractivity contribution in [1.82, 2.24) is 25.3 Å². The van der Waals surface area contributed by atoms with Gasteiger partial charge in [-0.1, -0.05) is 5.21 Å². The van der Waals surface area contributed by atoms with Gasteiger partial charge in [0.2, 0.25) is 0 Å². The molecule has 6 nitrogen and oxygen atoms in total. The smallest absolute Gasteiger partial charge is 0.263 e. The summed E-state index contributed by atoms with van der Waals surface area (Å²) < 4.78 is 14.8. The van der Waals surface area contributed by atoms with Crippen LogP contribution in [0.15, 0.2) is 24.3 Å². The number of hydrogen-bond acceptors (Lipinski definition) is 5. The van der Waals surface area contributed by atoms with E-state index in [-0.39, 0.29) is 17.8 Å². The van der Waals surface area contributed by atoms with Crippen molar-refractivity contribution < 1.29 is 9.18 Å². The molecule has 27 heavy (non-hydrogen) atoms. The van der Waals surface area contributed by atoms with E-state index in [1.54, 1.807) is 23.9 Å². The van der Waals surface area contributed by atoms with Gasteiger partial charge in [-0.2, -0.15) is 0 Å².